The summed E-state index contributed by atoms with van der Waals surface area (Å²) < 4.78 is 0. The van der Waals surface area contributed by atoms with E-state index in [1.165, 1.54) is 13.0 Å². The lowest BCUT2D eigenvalue weighted by Crippen LogP contribution is -2.58. The van der Waals surface area contributed by atoms with E-state index in [-0.39, 0.29) is 12.2 Å². The van der Waals surface area contributed by atoms with E-state index in [1.54, 1.807) is 13.1 Å². The van der Waals surface area contributed by atoms with Gasteiger partial charge in [0, 0.05) is 41.4 Å². The Bertz CT molecular complexity index is 1230. The van der Waals surface area contributed by atoms with E-state index >= 15 is 0 Å². The second-order valence-electron chi connectivity index (χ2n) is 8.52. The molecule has 3 aromatic rings. The SMILES string of the molecule is CC(=O)C=C(C)Nc1ccccc1CCNC(=O)C(C)(Cc1c[nH]c2ccccc12)NC(=O)O. The number of ketones is 1. The van der Waals surface area contributed by atoms with Gasteiger partial charge in [-0.25, -0.2) is 4.79 Å². The average molecular weight is 463 g/mol. The number of fused-ring (bicyclic) bond motifs is 1. The van der Waals surface area contributed by atoms with E-state index in [2.05, 4.69) is 20.9 Å². The van der Waals surface area contributed by atoms with Gasteiger partial charge in [-0.15, -0.1) is 0 Å². The molecule has 0 aliphatic carbocycles. The molecular weight excluding hydrogens is 432 g/mol. The number of benzene rings is 2. The lowest BCUT2D eigenvalue weighted by Gasteiger charge is -2.28. The Morgan fingerprint density at radius 3 is 2.47 bits per heavy atom. The lowest BCUT2D eigenvalue weighted by molar-refractivity contribution is -0.126. The van der Waals surface area contributed by atoms with Crippen molar-refractivity contribution >= 4 is 34.4 Å². The van der Waals surface area contributed by atoms with Crippen LogP contribution in [0, 0.1) is 0 Å². The smallest absolute Gasteiger partial charge is 0.405 e. The molecule has 8 nitrogen and oxygen atoms in total. The number of H-pyrrole nitrogens is 1. The molecule has 1 unspecified atom stereocenters. The fourth-order valence-electron chi connectivity index (χ4n) is 4.00. The van der Waals surface area contributed by atoms with Crippen LogP contribution in [-0.2, 0) is 22.4 Å². The maximum Gasteiger partial charge on any atom is 0.405 e. The van der Waals surface area contributed by atoms with Crippen LogP contribution in [0.4, 0.5) is 10.5 Å². The van der Waals surface area contributed by atoms with Crippen LogP contribution in [0.2, 0.25) is 0 Å². The van der Waals surface area contributed by atoms with Crippen LogP contribution in [0.1, 0.15) is 31.9 Å². The van der Waals surface area contributed by atoms with Gasteiger partial charge in [-0.05, 0) is 56.5 Å². The molecule has 34 heavy (non-hydrogen) atoms. The predicted octanol–water partition coefficient (Wildman–Crippen LogP) is 4.00. The van der Waals surface area contributed by atoms with E-state index in [1.807, 2.05) is 55.5 Å². The third-order valence-corrected chi connectivity index (χ3v) is 5.55. The molecule has 0 aliphatic rings. The Hall–Kier alpha value is -4.07. The van der Waals surface area contributed by atoms with Gasteiger partial charge in [0.25, 0.3) is 0 Å². The van der Waals surface area contributed by atoms with E-state index in [4.69, 9.17) is 0 Å². The molecule has 1 aromatic heterocycles. The van der Waals surface area contributed by atoms with Gasteiger partial charge < -0.3 is 26.0 Å². The largest absolute Gasteiger partial charge is 0.465 e. The third-order valence-electron chi connectivity index (χ3n) is 5.55. The van der Waals surface area contributed by atoms with Crippen LogP contribution in [0.5, 0.6) is 0 Å². The number of amides is 2. The molecule has 5 N–H and O–H groups in total. The van der Waals surface area contributed by atoms with Crippen molar-refractivity contribution in [3.63, 3.8) is 0 Å². The lowest BCUT2D eigenvalue weighted by atomic mass is 9.91. The minimum atomic E-state index is -1.35. The third kappa shape index (κ3) is 6.25. The number of carboxylic acid groups (broad SMARTS) is 1. The quantitative estimate of drug-likeness (QED) is 0.291. The summed E-state index contributed by atoms with van der Waals surface area (Å²) in [7, 11) is 0. The van der Waals surface area contributed by atoms with Gasteiger partial charge in [-0.1, -0.05) is 36.4 Å². The molecule has 8 heteroatoms. The van der Waals surface area contributed by atoms with Gasteiger partial charge in [0.1, 0.15) is 5.54 Å². The van der Waals surface area contributed by atoms with Gasteiger partial charge in [0.05, 0.1) is 0 Å². The zero-order chi connectivity index (χ0) is 24.7. The highest BCUT2D eigenvalue weighted by atomic mass is 16.4. The van der Waals surface area contributed by atoms with Gasteiger partial charge in [0.15, 0.2) is 5.78 Å². The fraction of sp³-hybridized carbons (Fsp3) is 0.269. The Balaban J connectivity index is 1.70. The van der Waals surface area contributed by atoms with Crippen molar-refractivity contribution in [2.24, 2.45) is 0 Å². The number of aromatic amines is 1. The van der Waals surface area contributed by atoms with E-state index in [9.17, 15) is 19.5 Å². The molecule has 0 aliphatic heterocycles. The molecule has 2 aromatic carbocycles. The van der Waals surface area contributed by atoms with Crippen LogP contribution in [0.15, 0.2) is 66.5 Å². The Morgan fingerprint density at radius 2 is 1.74 bits per heavy atom. The van der Waals surface area contributed by atoms with E-state index in [0.717, 1.165) is 33.4 Å². The number of nitrogens with one attached hydrogen (secondary N) is 4. The van der Waals surface area contributed by atoms with Crippen LogP contribution in [0.3, 0.4) is 0 Å². The highest BCUT2D eigenvalue weighted by molar-refractivity contribution is 5.91. The molecule has 0 radical (unpaired) electrons. The van der Waals surface area contributed by atoms with E-state index in [0.29, 0.717) is 13.0 Å². The van der Waals surface area contributed by atoms with Crippen LogP contribution < -0.4 is 16.0 Å². The fourth-order valence-corrected chi connectivity index (χ4v) is 4.00. The topological polar surface area (TPSA) is 123 Å². The molecule has 3 rings (SSSR count). The second kappa shape index (κ2) is 10.7. The summed E-state index contributed by atoms with van der Waals surface area (Å²) in [5.74, 6) is -0.451. The number of hydrogen-bond acceptors (Lipinski definition) is 4. The molecule has 0 saturated carbocycles. The summed E-state index contributed by atoms with van der Waals surface area (Å²) >= 11 is 0. The number of anilines is 1. The molecule has 1 atom stereocenters. The van der Waals surface area contributed by atoms with Gasteiger partial charge >= 0.3 is 6.09 Å². The minimum Gasteiger partial charge on any atom is -0.465 e. The highest BCUT2D eigenvalue weighted by Crippen LogP contribution is 2.23. The van der Waals surface area contributed by atoms with Crippen molar-refractivity contribution in [2.45, 2.75) is 39.2 Å². The average Bonchev–Trinajstić information content (AvgIpc) is 3.16. The van der Waals surface area contributed by atoms with E-state index < -0.39 is 17.5 Å². The predicted molar refractivity (Wildman–Crippen MR) is 133 cm³/mol. The van der Waals surface area contributed by atoms with Crippen LogP contribution in [-0.4, -0.2) is 40.0 Å². The molecular formula is C26H30N4O4. The van der Waals surface area contributed by atoms with Crippen molar-refractivity contribution in [2.75, 3.05) is 11.9 Å². The Morgan fingerprint density at radius 1 is 1.03 bits per heavy atom. The maximum absolute atomic E-state index is 13.1. The zero-order valence-electron chi connectivity index (χ0n) is 19.6. The minimum absolute atomic E-state index is 0.0461. The Kier molecular flexibility index (Phi) is 7.73. The summed E-state index contributed by atoms with van der Waals surface area (Å²) in [4.78, 5) is 39.1. The molecule has 1 heterocycles. The first kappa shape index (κ1) is 24.6. The monoisotopic (exact) mass is 462 g/mol. The van der Waals surface area contributed by atoms with Crippen LogP contribution >= 0.6 is 0 Å². The number of hydrogen-bond donors (Lipinski definition) is 5. The first-order chi connectivity index (χ1) is 16.2. The highest BCUT2D eigenvalue weighted by Gasteiger charge is 2.35. The summed E-state index contributed by atoms with van der Waals surface area (Å²) in [5.41, 5.74) is 2.95. The molecule has 0 fully saturated rings. The number of allylic oxidation sites excluding steroid dienone is 2. The van der Waals surface area contributed by atoms with Crippen molar-refractivity contribution in [1.82, 2.24) is 15.6 Å². The number of aromatic nitrogens is 1. The second-order valence-corrected chi connectivity index (χ2v) is 8.52. The first-order valence-corrected chi connectivity index (χ1v) is 11.1. The van der Waals surface area contributed by atoms with Crippen molar-refractivity contribution in [3.05, 3.63) is 77.6 Å². The molecule has 0 saturated heterocycles. The van der Waals surface area contributed by atoms with Crippen molar-refractivity contribution < 1.29 is 19.5 Å². The summed E-state index contributed by atoms with van der Waals surface area (Å²) in [6, 6.07) is 15.3. The first-order valence-electron chi connectivity index (χ1n) is 11.1. The van der Waals surface area contributed by atoms with Gasteiger partial charge in [0.2, 0.25) is 5.91 Å². The Labute approximate surface area is 198 Å². The molecule has 0 spiro atoms. The normalized spacial score (nSPS) is 13.2. The standard InChI is InChI=1S/C26H30N4O4/c1-17(14-18(2)31)29-22-10-6-4-8-19(22)12-13-27-24(32)26(3,30-25(33)34)15-20-16-28-23-11-7-5-9-21(20)23/h4-11,14,16,28-30H,12-13,15H2,1-3H3,(H,27,32)(H,33,34). The van der Waals surface area contributed by atoms with Crippen molar-refractivity contribution in [3.8, 4) is 0 Å². The zero-order valence-corrected chi connectivity index (χ0v) is 19.6. The summed E-state index contributed by atoms with van der Waals surface area (Å²) in [6.07, 6.45) is 2.78. The van der Waals surface area contributed by atoms with Gasteiger partial charge in [-0.3, -0.25) is 9.59 Å². The summed E-state index contributed by atoms with van der Waals surface area (Å²) in [6.45, 7) is 5.21. The van der Waals surface area contributed by atoms with Crippen molar-refractivity contribution in [1.29, 1.82) is 0 Å². The molecule has 178 valence electrons. The number of rotatable bonds is 10. The molecule has 0 bridgehead atoms. The number of carbonyl (C=O) groups is 3. The molecule has 2 amide bonds. The van der Waals surface area contributed by atoms with Gasteiger partial charge in [-0.2, -0.15) is 0 Å². The van der Waals surface area contributed by atoms with Crippen LogP contribution in [0.25, 0.3) is 10.9 Å². The summed E-state index contributed by atoms with van der Waals surface area (Å²) in [5, 5.41) is 18.8. The number of carbonyl (C=O) groups excluding carboxylic acids is 2. The number of para-hydroxylation sites is 2. The maximum atomic E-state index is 13.1.